The average molecular weight is 523 g/mol. The largest absolute Gasteiger partial charge is 0.497 e. The Morgan fingerprint density at radius 1 is 1.03 bits per heavy atom. The molecule has 5 rings (SSSR count). The van der Waals surface area contributed by atoms with Crippen molar-refractivity contribution in [3.8, 4) is 5.75 Å². The van der Waals surface area contributed by atoms with Gasteiger partial charge in [0.05, 0.1) is 39.1 Å². The Kier molecular flexibility index (Phi) is 7.64. The summed E-state index contributed by atoms with van der Waals surface area (Å²) in [4.78, 5) is 20.3. The molecule has 3 heterocycles. The van der Waals surface area contributed by atoms with E-state index in [9.17, 15) is 5.11 Å². The summed E-state index contributed by atoms with van der Waals surface area (Å²) in [7, 11) is 1.58. The van der Waals surface area contributed by atoms with Gasteiger partial charge in [0.1, 0.15) is 5.75 Å². The number of morpholine rings is 1. The zero-order valence-corrected chi connectivity index (χ0v) is 21.0. The topological polar surface area (TPSA) is 130 Å². The fourth-order valence-corrected chi connectivity index (χ4v) is 4.14. The van der Waals surface area contributed by atoms with Crippen LogP contribution >= 0.6 is 11.6 Å². The van der Waals surface area contributed by atoms with Crippen molar-refractivity contribution >= 4 is 51.7 Å². The van der Waals surface area contributed by atoms with Gasteiger partial charge in [0.25, 0.3) is 0 Å². The Morgan fingerprint density at radius 2 is 1.86 bits per heavy atom. The third kappa shape index (κ3) is 6.08. The van der Waals surface area contributed by atoms with E-state index in [1.54, 1.807) is 19.4 Å². The molecule has 1 aliphatic heterocycles. The molecule has 2 aromatic carbocycles. The van der Waals surface area contributed by atoms with Gasteiger partial charge in [-0.1, -0.05) is 11.6 Å². The maximum absolute atomic E-state index is 9.61. The molecule has 0 bridgehead atoms. The summed E-state index contributed by atoms with van der Waals surface area (Å²) < 4.78 is 10.8. The first-order chi connectivity index (χ1) is 18.1. The van der Waals surface area contributed by atoms with E-state index >= 15 is 0 Å². The lowest BCUT2D eigenvalue weighted by atomic mass is 10.2. The molecule has 192 valence electrons. The van der Waals surface area contributed by atoms with Crippen molar-refractivity contribution in [1.29, 1.82) is 0 Å². The fourth-order valence-electron chi connectivity index (χ4n) is 3.97. The summed E-state index contributed by atoms with van der Waals surface area (Å²) in [6, 6.07) is 12.9. The molecule has 0 aliphatic carbocycles. The Morgan fingerprint density at radius 3 is 2.68 bits per heavy atom. The second kappa shape index (κ2) is 11.4. The number of hydrogen-bond acceptors (Lipinski definition) is 11. The van der Waals surface area contributed by atoms with Crippen LogP contribution in [0.25, 0.3) is 10.9 Å². The molecule has 37 heavy (non-hydrogen) atoms. The van der Waals surface area contributed by atoms with Gasteiger partial charge in [-0.3, -0.25) is 4.98 Å². The molecule has 1 fully saturated rings. The molecule has 1 saturated heterocycles. The number of benzene rings is 2. The molecular weight excluding hydrogens is 496 g/mol. The van der Waals surface area contributed by atoms with Crippen molar-refractivity contribution in [3.63, 3.8) is 0 Å². The molecule has 0 amide bonds. The van der Waals surface area contributed by atoms with Crippen molar-refractivity contribution in [1.82, 2.24) is 19.9 Å². The zero-order valence-electron chi connectivity index (χ0n) is 20.2. The number of fused-ring (bicyclic) bond motifs is 1. The number of aliphatic hydroxyl groups is 1. The van der Waals surface area contributed by atoms with Gasteiger partial charge in [0.2, 0.25) is 17.8 Å². The van der Waals surface area contributed by atoms with Crippen molar-refractivity contribution < 1.29 is 14.6 Å². The third-order valence-electron chi connectivity index (χ3n) is 5.79. The van der Waals surface area contributed by atoms with Crippen LogP contribution in [0.2, 0.25) is 5.02 Å². The third-order valence-corrected chi connectivity index (χ3v) is 6.02. The van der Waals surface area contributed by atoms with E-state index in [2.05, 4.69) is 40.8 Å². The van der Waals surface area contributed by atoms with E-state index in [-0.39, 0.29) is 6.61 Å². The van der Waals surface area contributed by atoms with Crippen LogP contribution in [0, 0.1) is 0 Å². The Balaban J connectivity index is 1.37. The van der Waals surface area contributed by atoms with E-state index in [0.717, 1.165) is 16.6 Å². The van der Waals surface area contributed by atoms with Crippen molar-refractivity contribution in [2.75, 3.05) is 60.9 Å². The number of nitrogens with one attached hydrogen (secondary N) is 3. The molecule has 1 aliphatic rings. The van der Waals surface area contributed by atoms with Crippen molar-refractivity contribution in [3.05, 3.63) is 59.2 Å². The summed E-state index contributed by atoms with van der Waals surface area (Å²) in [5.74, 6) is 1.92. The highest BCUT2D eigenvalue weighted by Crippen LogP contribution is 2.26. The highest BCUT2D eigenvalue weighted by atomic mass is 35.5. The number of anilines is 5. The number of methoxy groups -OCH3 is 1. The van der Waals surface area contributed by atoms with Crippen LogP contribution in [0.1, 0.15) is 5.56 Å². The highest BCUT2D eigenvalue weighted by molar-refractivity contribution is 6.31. The molecule has 0 radical (unpaired) electrons. The minimum atomic E-state index is -0.115. The van der Waals surface area contributed by atoms with E-state index in [1.807, 2.05) is 36.4 Å². The summed E-state index contributed by atoms with van der Waals surface area (Å²) in [6.45, 7) is 2.82. The molecule has 0 atom stereocenters. The predicted molar refractivity (Wildman–Crippen MR) is 144 cm³/mol. The highest BCUT2D eigenvalue weighted by Gasteiger charge is 2.17. The lowest BCUT2D eigenvalue weighted by molar-refractivity contribution is 0.122. The molecular formula is C25H27ClN8O3. The maximum Gasteiger partial charge on any atom is 0.233 e. The summed E-state index contributed by atoms with van der Waals surface area (Å²) >= 11 is 6.11. The van der Waals surface area contributed by atoms with Crippen LogP contribution in [-0.4, -0.2) is 65.1 Å². The lowest BCUT2D eigenvalue weighted by Gasteiger charge is -2.27. The van der Waals surface area contributed by atoms with Gasteiger partial charge < -0.3 is 35.4 Å². The minimum Gasteiger partial charge on any atom is -0.497 e. The van der Waals surface area contributed by atoms with E-state index in [1.165, 1.54) is 0 Å². The van der Waals surface area contributed by atoms with Crippen molar-refractivity contribution in [2.45, 2.75) is 6.61 Å². The minimum absolute atomic E-state index is 0.115. The number of rotatable bonds is 9. The second-order valence-electron chi connectivity index (χ2n) is 8.29. The second-order valence-corrected chi connectivity index (χ2v) is 8.72. The fraction of sp³-hybridized carbons (Fsp3) is 0.280. The summed E-state index contributed by atoms with van der Waals surface area (Å²) in [6.07, 6.45) is 1.73. The number of hydrogen-bond donors (Lipinski definition) is 4. The van der Waals surface area contributed by atoms with Gasteiger partial charge in [-0.05, 0) is 42.0 Å². The lowest BCUT2D eigenvalue weighted by Crippen LogP contribution is -2.37. The van der Waals surface area contributed by atoms with Crippen LogP contribution < -0.4 is 25.6 Å². The first kappa shape index (κ1) is 24.8. The van der Waals surface area contributed by atoms with Crippen LogP contribution in [0.3, 0.4) is 0 Å². The number of pyridine rings is 1. The Labute approximate surface area is 218 Å². The normalized spacial score (nSPS) is 13.4. The van der Waals surface area contributed by atoms with Gasteiger partial charge in [-0.25, -0.2) is 0 Å². The number of halogens is 1. The summed E-state index contributed by atoms with van der Waals surface area (Å²) in [5, 5.41) is 21.0. The molecule has 12 heteroatoms. The van der Waals surface area contributed by atoms with E-state index in [4.69, 9.17) is 21.1 Å². The quantitative estimate of drug-likeness (QED) is 0.240. The molecule has 2 aromatic heterocycles. The predicted octanol–water partition coefficient (Wildman–Crippen LogP) is 3.64. The monoisotopic (exact) mass is 522 g/mol. The smallest absolute Gasteiger partial charge is 0.233 e. The zero-order chi connectivity index (χ0) is 25.6. The molecule has 0 unspecified atom stereocenters. The van der Waals surface area contributed by atoms with Crippen molar-refractivity contribution in [2.24, 2.45) is 0 Å². The first-order valence-corrected chi connectivity index (χ1v) is 12.2. The van der Waals surface area contributed by atoms with Gasteiger partial charge in [-0.15, -0.1) is 0 Å². The van der Waals surface area contributed by atoms with E-state index < -0.39 is 0 Å². The van der Waals surface area contributed by atoms with Crippen LogP contribution in [0.15, 0.2) is 48.7 Å². The molecule has 4 aromatic rings. The van der Waals surface area contributed by atoms with Crippen LogP contribution in [-0.2, 0) is 11.3 Å². The van der Waals surface area contributed by atoms with Crippen LogP contribution in [0.5, 0.6) is 5.75 Å². The standard InChI is InChI=1S/C25H27ClN8O3/c1-36-19-11-16(14-35)10-18(13-19)30-24-31-23(32-25(33-24)34-6-8-37-9-7-34)29-15-28-21-4-5-27-22-12-17(26)2-3-20(21)22/h2-5,10-13,35H,6-9,14-15H2,1H3,(H,27,28)(H2,29,30,31,32,33). The Bertz CT molecular complexity index is 1360. The number of ether oxygens (including phenoxy) is 2. The number of aromatic nitrogens is 4. The van der Waals surface area contributed by atoms with Gasteiger partial charge in [0.15, 0.2) is 0 Å². The SMILES string of the molecule is COc1cc(CO)cc(Nc2nc(NCNc3ccnc4cc(Cl)ccc34)nc(N3CCOCC3)n2)c1. The molecule has 11 nitrogen and oxygen atoms in total. The number of aliphatic hydroxyl groups excluding tert-OH is 1. The molecule has 4 N–H and O–H groups in total. The van der Waals surface area contributed by atoms with Gasteiger partial charge in [-0.2, -0.15) is 15.0 Å². The van der Waals surface area contributed by atoms with Crippen LogP contribution in [0.4, 0.5) is 29.2 Å². The molecule has 0 saturated carbocycles. The van der Waals surface area contributed by atoms with Gasteiger partial charge in [0, 0.05) is 47.1 Å². The molecule has 0 spiro atoms. The Hall–Kier alpha value is -3.93. The first-order valence-electron chi connectivity index (χ1n) is 11.8. The average Bonchev–Trinajstić information content (AvgIpc) is 2.93. The number of nitrogens with zero attached hydrogens (tertiary/aromatic N) is 5. The maximum atomic E-state index is 9.61. The van der Waals surface area contributed by atoms with E-state index in [0.29, 0.717) is 72.8 Å². The summed E-state index contributed by atoms with van der Waals surface area (Å²) in [5.41, 5.74) is 3.11. The van der Waals surface area contributed by atoms with Gasteiger partial charge >= 0.3 is 0 Å².